The zero-order valence-electron chi connectivity index (χ0n) is 10.8. The lowest BCUT2D eigenvalue weighted by atomic mass is 10.1. The lowest BCUT2D eigenvalue weighted by Gasteiger charge is -2.14. The van der Waals surface area contributed by atoms with Gasteiger partial charge in [-0.05, 0) is 18.6 Å². The molecule has 0 spiro atoms. The van der Waals surface area contributed by atoms with Crippen LogP contribution in [0.25, 0.3) is 0 Å². The van der Waals surface area contributed by atoms with Crippen LogP contribution in [0.5, 0.6) is 0 Å². The third kappa shape index (κ3) is 4.42. The van der Waals surface area contributed by atoms with Crippen LogP contribution in [-0.4, -0.2) is 36.8 Å². The average molecular weight is 263 g/mol. The van der Waals surface area contributed by atoms with Crippen molar-refractivity contribution in [2.45, 2.75) is 12.8 Å². The van der Waals surface area contributed by atoms with E-state index in [4.69, 9.17) is 0 Å². The van der Waals surface area contributed by atoms with Crippen LogP contribution in [-0.2, 0) is 9.59 Å². The number of hydrogen-bond acceptors (Lipinski definition) is 4. The van der Waals surface area contributed by atoms with Gasteiger partial charge in [-0.1, -0.05) is 12.1 Å². The summed E-state index contributed by atoms with van der Waals surface area (Å²) < 4.78 is 0. The minimum atomic E-state index is -1.28. The molecule has 1 aromatic rings. The number of nitrogens with one attached hydrogen (secondary N) is 1. The van der Waals surface area contributed by atoms with Crippen LogP contribution in [0.4, 0.5) is 5.69 Å². The number of benzene rings is 1. The maximum atomic E-state index is 11.9. The highest BCUT2D eigenvalue weighted by molar-refractivity contribution is 6.03. The predicted octanol–water partition coefficient (Wildman–Crippen LogP) is -0.143. The number of nitrogens with zero attached hydrogens (tertiary/aromatic N) is 1. The van der Waals surface area contributed by atoms with E-state index in [2.05, 4.69) is 5.32 Å². The number of para-hydroxylation sites is 1. The van der Waals surface area contributed by atoms with E-state index in [1.807, 2.05) is 0 Å². The molecule has 0 aliphatic heterocycles. The standard InChI is InChI=1S/C13H16N2O4/c1-15(2)13(19)9-5-3-4-6-10(9)14-11(16)7-8-12(17)18/h3-6H,7-8H2,1-2H3,(H,14,16)(H,17,18)/p-1. The summed E-state index contributed by atoms with van der Waals surface area (Å²) in [5.74, 6) is -1.99. The molecule has 6 nitrogen and oxygen atoms in total. The van der Waals surface area contributed by atoms with Crippen molar-refractivity contribution in [2.24, 2.45) is 0 Å². The molecule has 6 heteroatoms. The van der Waals surface area contributed by atoms with Gasteiger partial charge >= 0.3 is 0 Å². The second kappa shape index (κ2) is 6.53. The first-order valence-corrected chi connectivity index (χ1v) is 5.72. The zero-order chi connectivity index (χ0) is 14.4. The molecule has 0 unspecified atom stereocenters. The maximum Gasteiger partial charge on any atom is 0.255 e. The number of carbonyl (C=O) groups excluding carboxylic acids is 3. The second-order valence-corrected chi connectivity index (χ2v) is 4.17. The van der Waals surface area contributed by atoms with Crippen LogP contribution in [0.2, 0.25) is 0 Å². The molecule has 0 heterocycles. The molecule has 1 aromatic carbocycles. The second-order valence-electron chi connectivity index (χ2n) is 4.17. The first kappa shape index (κ1) is 14.7. The van der Waals surface area contributed by atoms with E-state index in [-0.39, 0.29) is 18.7 Å². The van der Waals surface area contributed by atoms with Gasteiger partial charge in [0.2, 0.25) is 5.91 Å². The minimum Gasteiger partial charge on any atom is -0.550 e. The smallest absolute Gasteiger partial charge is 0.255 e. The van der Waals surface area contributed by atoms with E-state index in [0.29, 0.717) is 11.3 Å². The summed E-state index contributed by atoms with van der Waals surface area (Å²) >= 11 is 0. The van der Waals surface area contributed by atoms with Gasteiger partial charge in [0, 0.05) is 26.5 Å². The molecule has 0 atom stereocenters. The fourth-order valence-electron chi connectivity index (χ4n) is 1.45. The summed E-state index contributed by atoms with van der Waals surface area (Å²) in [6.07, 6.45) is -0.539. The molecule has 102 valence electrons. The highest BCUT2D eigenvalue weighted by Gasteiger charge is 2.14. The van der Waals surface area contributed by atoms with Crippen molar-refractivity contribution < 1.29 is 19.5 Å². The number of carboxylic acids is 1. The van der Waals surface area contributed by atoms with Crippen LogP contribution in [0.3, 0.4) is 0 Å². The van der Waals surface area contributed by atoms with Crippen molar-refractivity contribution in [2.75, 3.05) is 19.4 Å². The van der Waals surface area contributed by atoms with Gasteiger partial charge in [0.1, 0.15) is 0 Å². The summed E-state index contributed by atoms with van der Waals surface area (Å²) in [5, 5.41) is 12.8. The van der Waals surface area contributed by atoms with Gasteiger partial charge in [-0.3, -0.25) is 9.59 Å². The number of carbonyl (C=O) groups is 3. The van der Waals surface area contributed by atoms with Crippen molar-refractivity contribution in [3.8, 4) is 0 Å². The molecule has 1 N–H and O–H groups in total. The largest absolute Gasteiger partial charge is 0.550 e. The number of amides is 2. The zero-order valence-corrected chi connectivity index (χ0v) is 10.8. The quantitative estimate of drug-likeness (QED) is 0.800. The highest BCUT2D eigenvalue weighted by Crippen LogP contribution is 2.16. The molecule has 0 bridgehead atoms. The molecule has 0 aliphatic carbocycles. The molecule has 1 rings (SSSR count). The molecule has 0 fully saturated rings. The summed E-state index contributed by atoms with van der Waals surface area (Å²) in [7, 11) is 3.22. The minimum absolute atomic E-state index is 0.188. The fourth-order valence-corrected chi connectivity index (χ4v) is 1.45. The molecule has 0 aliphatic rings. The molecular formula is C13H15N2O4-. The monoisotopic (exact) mass is 263 g/mol. The van der Waals surface area contributed by atoms with Gasteiger partial charge in [0.15, 0.2) is 0 Å². The number of hydrogen-bond donors (Lipinski definition) is 1. The highest BCUT2D eigenvalue weighted by atomic mass is 16.4. The van der Waals surface area contributed by atoms with Crippen LogP contribution in [0.1, 0.15) is 23.2 Å². The first-order valence-electron chi connectivity index (χ1n) is 5.72. The number of aliphatic carboxylic acids is 1. The molecule has 0 aromatic heterocycles. The normalized spacial score (nSPS) is 9.79. The van der Waals surface area contributed by atoms with Crippen molar-refractivity contribution in [3.05, 3.63) is 29.8 Å². The van der Waals surface area contributed by atoms with Crippen molar-refractivity contribution in [3.63, 3.8) is 0 Å². The van der Waals surface area contributed by atoms with E-state index >= 15 is 0 Å². The van der Waals surface area contributed by atoms with Crippen LogP contribution in [0, 0.1) is 0 Å². The number of carboxylic acid groups (broad SMARTS) is 1. The Morgan fingerprint density at radius 1 is 1.16 bits per heavy atom. The predicted molar refractivity (Wildman–Crippen MR) is 67.3 cm³/mol. The molecule has 0 saturated heterocycles. The molecule has 0 saturated carbocycles. The van der Waals surface area contributed by atoms with Gasteiger partial charge in [0.05, 0.1) is 11.3 Å². The van der Waals surface area contributed by atoms with E-state index in [0.717, 1.165) is 0 Å². The van der Waals surface area contributed by atoms with Crippen molar-refractivity contribution >= 4 is 23.5 Å². The van der Waals surface area contributed by atoms with Gasteiger partial charge in [0.25, 0.3) is 5.91 Å². The summed E-state index contributed by atoms with van der Waals surface area (Å²) in [5.41, 5.74) is 0.721. The number of rotatable bonds is 5. The fraction of sp³-hybridized carbons (Fsp3) is 0.308. The van der Waals surface area contributed by atoms with E-state index in [1.54, 1.807) is 38.4 Å². The number of anilines is 1. The Morgan fingerprint density at radius 2 is 1.79 bits per heavy atom. The van der Waals surface area contributed by atoms with E-state index in [9.17, 15) is 19.5 Å². The summed E-state index contributed by atoms with van der Waals surface area (Å²) in [4.78, 5) is 35.1. The molecule has 0 radical (unpaired) electrons. The molecule has 19 heavy (non-hydrogen) atoms. The topological polar surface area (TPSA) is 89.5 Å². The van der Waals surface area contributed by atoms with E-state index < -0.39 is 11.9 Å². The Morgan fingerprint density at radius 3 is 2.37 bits per heavy atom. The maximum absolute atomic E-state index is 11.9. The van der Waals surface area contributed by atoms with Gasteiger partial charge in [-0.2, -0.15) is 0 Å². The van der Waals surface area contributed by atoms with Crippen molar-refractivity contribution in [1.29, 1.82) is 0 Å². The van der Waals surface area contributed by atoms with Crippen LogP contribution >= 0.6 is 0 Å². The summed E-state index contributed by atoms with van der Waals surface area (Å²) in [6.45, 7) is 0. The van der Waals surface area contributed by atoms with Gasteiger partial charge < -0.3 is 20.1 Å². The first-order chi connectivity index (χ1) is 8.91. The lowest BCUT2D eigenvalue weighted by molar-refractivity contribution is -0.305. The third-order valence-corrected chi connectivity index (χ3v) is 2.39. The Kier molecular flexibility index (Phi) is 5.05. The SMILES string of the molecule is CN(C)C(=O)c1ccccc1NC(=O)CCC(=O)[O-]. The Bertz CT molecular complexity index is 497. The lowest BCUT2D eigenvalue weighted by Crippen LogP contribution is -2.26. The Hall–Kier alpha value is -2.37. The van der Waals surface area contributed by atoms with Crippen molar-refractivity contribution in [1.82, 2.24) is 4.90 Å². The summed E-state index contributed by atoms with van der Waals surface area (Å²) in [6, 6.07) is 6.55. The third-order valence-electron chi connectivity index (χ3n) is 2.39. The van der Waals surface area contributed by atoms with Crippen LogP contribution < -0.4 is 10.4 Å². The van der Waals surface area contributed by atoms with E-state index in [1.165, 1.54) is 4.90 Å². The molecular weight excluding hydrogens is 248 g/mol. The van der Waals surface area contributed by atoms with Gasteiger partial charge in [-0.25, -0.2) is 0 Å². The van der Waals surface area contributed by atoms with Gasteiger partial charge in [-0.15, -0.1) is 0 Å². The van der Waals surface area contributed by atoms with Crippen LogP contribution in [0.15, 0.2) is 24.3 Å². The Labute approximate surface area is 111 Å². The average Bonchev–Trinajstić information content (AvgIpc) is 2.36. The molecule has 2 amide bonds. The Balaban J connectivity index is 2.81.